The Hall–Kier alpha value is -3.27. The summed E-state index contributed by atoms with van der Waals surface area (Å²) in [5, 5.41) is 0.459. The molecule has 4 rings (SSSR count). The van der Waals surface area contributed by atoms with Gasteiger partial charge >= 0.3 is 11.9 Å². The van der Waals surface area contributed by atoms with Gasteiger partial charge in [-0.25, -0.2) is 9.78 Å². The molecule has 11 heteroatoms. The number of rotatable bonds is 4. The second-order valence-corrected chi connectivity index (χ2v) is 7.11. The number of alkyl halides is 3. The maximum atomic E-state index is 13.0. The topological polar surface area (TPSA) is 84.1 Å². The average Bonchev–Trinajstić information content (AvgIpc) is 3.22. The van der Waals surface area contributed by atoms with Crippen LogP contribution in [0.3, 0.4) is 0 Å². The van der Waals surface area contributed by atoms with Crippen LogP contribution in [0.1, 0.15) is 11.4 Å². The first kappa shape index (κ1) is 20.0. The molecule has 0 bridgehead atoms. The highest BCUT2D eigenvalue weighted by Gasteiger charge is 2.31. The highest BCUT2D eigenvalue weighted by Crippen LogP contribution is 2.31. The number of amides is 1. The van der Waals surface area contributed by atoms with E-state index in [0.717, 1.165) is 22.8 Å². The number of benzene rings is 2. The largest absolute Gasteiger partial charge is 0.420 e. The number of nitrogens with one attached hydrogen (secondary N) is 1. The molecule has 30 heavy (non-hydrogen) atoms. The number of hydrogen-bond acceptors (Lipinski definition) is 4. The number of oxazole rings is 1. The third kappa shape index (κ3) is 3.65. The fraction of sp³-hybridized carbons (Fsp3) is 0.211. The van der Waals surface area contributed by atoms with Crippen LogP contribution in [0.5, 0.6) is 0 Å². The molecule has 0 atom stereocenters. The van der Waals surface area contributed by atoms with Gasteiger partial charge in [-0.2, -0.15) is 13.2 Å². The summed E-state index contributed by atoms with van der Waals surface area (Å²) in [6.07, 6.45) is -4.59. The summed E-state index contributed by atoms with van der Waals surface area (Å²) in [6.45, 7) is -0.396. The van der Waals surface area contributed by atoms with Gasteiger partial charge in [-0.15, -0.1) is 0 Å². The lowest BCUT2D eigenvalue weighted by Gasteiger charge is -2.16. The summed E-state index contributed by atoms with van der Waals surface area (Å²) in [4.78, 5) is 33.4. The predicted octanol–water partition coefficient (Wildman–Crippen LogP) is 3.80. The van der Waals surface area contributed by atoms with E-state index in [1.165, 1.54) is 11.9 Å². The van der Waals surface area contributed by atoms with Crippen molar-refractivity contribution in [1.29, 1.82) is 0 Å². The molecule has 2 heterocycles. The number of likely N-dealkylation sites (N-methyl/N-ethyl adjacent to an activating group) is 1. The Morgan fingerprint density at radius 1 is 1.30 bits per heavy atom. The van der Waals surface area contributed by atoms with Gasteiger partial charge in [0.1, 0.15) is 17.9 Å². The van der Waals surface area contributed by atoms with Crippen molar-refractivity contribution in [1.82, 2.24) is 19.4 Å². The zero-order valence-electron chi connectivity index (χ0n) is 15.5. The maximum Gasteiger partial charge on any atom is 0.420 e. The van der Waals surface area contributed by atoms with E-state index < -0.39 is 29.9 Å². The molecule has 0 aliphatic rings. The lowest BCUT2D eigenvalue weighted by atomic mass is 10.2. The van der Waals surface area contributed by atoms with Crippen molar-refractivity contribution in [3.8, 4) is 0 Å². The Morgan fingerprint density at radius 3 is 2.77 bits per heavy atom. The number of carbonyl (C=O) groups is 1. The molecule has 2 aromatic heterocycles. The lowest BCUT2D eigenvalue weighted by Crippen LogP contribution is -2.32. The number of aromatic nitrogens is 3. The number of para-hydroxylation sites is 1. The van der Waals surface area contributed by atoms with Crippen LogP contribution in [0.2, 0.25) is 5.02 Å². The summed E-state index contributed by atoms with van der Waals surface area (Å²) < 4.78 is 44.8. The number of halogens is 4. The zero-order chi connectivity index (χ0) is 21.6. The van der Waals surface area contributed by atoms with E-state index in [1.54, 1.807) is 18.2 Å². The van der Waals surface area contributed by atoms with Gasteiger partial charge in [0.05, 0.1) is 28.2 Å². The highest BCUT2D eigenvalue weighted by atomic mass is 35.5. The van der Waals surface area contributed by atoms with Gasteiger partial charge < -0.3 is 14.3 Å². The molecule has 7 nitrogen and oxygen atoms in total. The van der Waals surface area contributed by atoms with Crippen molar-refractivity contribution in [2.75, 3.05) is 7.05 Å². The second-order valence-electron chi connectivity index (χ2n) is 6.70. The van der Waals surface area contributed by atoms with Gasteiger partial charge in [0.2, 0.25) is 5.91 Å². The zero-order valence-corrected chi connectivity index (χ0v) is 16.2. The van der Waals surface area contributed by atoms with Crippen LogP contribution in [0.4, 0.5) is 13.2 Å². The summed E-state index contributed by atoms with van der Waals surface area (Å²) in [7, 11) is 1.49. The van der Waals surface area contributed by atoms with Crippen molar-refractivity contribution in [3.63, 3.8) is 0 Å². The summed E-state index contributed by atoms with van der Waals surface area (Å²) >= 11 is 6.09. The number of nitrogens with zero attached hydrogens (tertiary/aromatic N) is 3. The van der Waals surface area contributed by atoms with Crippen LogP contribution in [-0.2, 0) is 24.1 Å². The molecule has 0 spiro atoms. The van der Waals surface area contributed by atoms with Crippen LogP contribution >= 0.6 is 11.6 Å². The number of H-pyrrole nitrogens is 1. The standard InChI is InChI=1S/C19H14ClF3N4O3/c1-26(8-15-24-12-4-2-3-11(20)17(12)25-15)16(28)9-27-13-7-10(19(21,22)23)5-6-14(13)30-18(27)29/h2-7H,8-9H2,1H3,(H,24,25). The van der Waals surface area contributed by atoms with Gasteiger partial charge in [-0.1, -0.05) is 17.7 Å². The Balaban J connectivity index is 1.58. The predicted molar refractivity (Wildman–Crippen MR) is 103 cm³/mol. The quantitative estimate of drug-likeness (QED) is 0.525. The SMILES string of the molecule is CN(Cc1nc2c(Cl)cccc2[nH]1)C(=O)Cn1c(=O)oc2ccc(C(F)(F)F)cc21. The van der Waals surface area contributed by atoms with Crippen LogP contribution in [0.25, 0.3) is 22.1 Å². The molecule has 0 aliphatic heterocycles. The van der Waals surface area contributed by atoms with Gasteiger partial charge in [0.15, 0.2) is 5.58 Å². The number of carbonyl (C=O) groups excluding carboxylic acids is 1. The van der Waals surface area contributed by atoms with Crippen molar-refractivity contribution in [3.05, 3.63) is 63.4 Å². The van der Waals surface area contributed by atoms with Gasteiger partial charge in [-0.3, -0.25) is 9.36 Å². The Kier molecular flexibility index (Phi) is 4.81. The normalized spacial score (nSPS) is 12.0. The smallest absolute Gasteiger partial charge is 0.408 e. The van der Waals surface area contributed by atoms with Gasteiger partial charge in [0, 0.05) is 7.05 Å². The minimum Gasteiger partial charge on any atom is -0.408 e. The van der Waals surface area contributed by atoms with E-state index >= 15 is 0 Å². The third-order valence-corrected chi connectivity index (χ3v) is 4.92. The highest BCUT2D eigenvalue weighted by molar-refractivity contribution is 6.34. The Bertz CT molecular complexity index is 1320. The number of aromatic amines is 1. The molecule has 0 aliphatic carbocycles. The summed E-state index contributed by atoms with van der Waals surface area (Å²) in [6, 6.07) is 7.89. The van der Waals surface area contributed by atoms with E-state index in [-0.39, 0.29) is 17.6 Å². The Morgan fingerprint density at radius 2 is 2.07 bits per heavy atom. The molecule has 0 unspecified atom stereocenters. The molecule has 1 amide bonds. The first-order valence-corrected chi connectivity index (χ1v) is 9.09. The molecular formula is C19H14ClF3N4O3. The minimum absolute atomic E-state index is 0.0321. The van der Waals surface area contributed by atoms with Gasteiger partial charge in [0.25, 0.3) is 0 Å². The number of imidazole rings is 1. The molecule has 0 saturated carbocycles. The molecule has 0 fully saturated rings. The number of hydrogen-bond donors (Lipinski definition) is 1. The van der Waals surface area contributed by atoms with E-state index in [9.17, 15) is 22.8 Å². The molecule has 2 aromatic carbocycles. The molecule has 4 aromatic rings. The van der Waals surface area contributed by atoms with E-state index in [2.05, 4.69) is 9.97 Å². The average molecular weight is 439 g/mol. The molecular weight excluding hydrogens is 425 g/mol. The second kappa shape index (κ2) is 7.21. The van der Waals surface area contributed by atoms with E-state index in [0.29, 0.717) is 21.9 Å². The summed E-state index contributed by atoms with van der Waals surface area (Å²) in [5.74, 6) is -0.955. The van der Waals surface area contributed by atoms with Crippen LogP contribution in [0.15, 0.2) is 45.6 Å². The van der Waals surface area contributed by atoms with Gasteiger partial charge in [-0.05, 0) is 30.3 Å². The van der Waals surface area contributed by atoms with Crippen LogP contribution in [-0.4, -0.2) is 32.4 Å². The lowest BCUT2D eigenvalue weighted by molar-refractivity contribution is -0.137. The van der Waals surface area contributed by atoms with E-state index in [1.807, 2.05) is 0 Å². The summed E-state index contributed by atoms with van der Waals surface area (Å²) in [5.41, 5.74) is 0.189. The maximum absolute atomic E-state index is 13.0. The first-order valence-electron chi connectivity index (χ1n) is 8.71. The van der Waals surface area contributed by atoms with Crippen LogP contribution in [0, 0.1) is 0 Å². The minimum atomic E-state index is -4.59. The monoisotopic (exact) mass is 438 g/mol. The van der Waals surface area contributed by atoms with Crippen molar-refractivity contribution < 1.29 is 22.4 Å². The van der Waals surface area contributed by atoms with Crippen molar-refractivity contribution in [2.45, 2.75) is 19.3 Å². The number of fused-ring (bicyclic) bond motifs is 2. The fourth-order valence-corrected chi connectivity index (χ4v) is 3.30. The van der Waals surface area contributed by atoms with Crippen molar-refractivity contribution >= 4 is 39.6 Å². The molecule has 1 N–H and O–H groups in total. The molecule has 156 valence electrons. The molecule has 0 radical (unpaired) electrons. The third-order valence-electron chi connectivity index (χ3n) is 4.61. The fourth-order valence-electron chi connectivity index (χ4n) is 3.08. The molecule has 0 saturated heterocycles. The first-order chi connectivity index (χ1) is 14.1. The van der Waals surface area contributed by atoms with Crippen molar-refractivity contribution in [2.24, 2.45) is 0 Å². The Labute approximate surface area is 171 Å². The van der Waals surface area contributed by atoms with Crippen LogP contribution < -0.4 is 5.76 Å². The van der Waals surface area contributed by atoms with E-state index in [4.69, 9.17) is 16.0 Å².